The molecule has 0 bridgehead atoms. The summed E-state index contributed by atoms with van der Waals surface area (Å²) < 4.78 is 26.4. The van der Waals surface area contributed by atoms with E-state index in [2.05, 4.69) is 30.2 Å². The molecule has 202 valence electrons. The number of urea groups is 1. The van der Waals surface area contributed by atoms with Gasteiger partial charge in [-0.2, -0.15) is 4.98 Å². The molecule has 2 aliphatic rings. The first-order valence-electron chi connectivity index (χ1n) is 12.3. The van der Waals surface area contributed by atoms with E-state index < -0.39 is 10.0 Å². The molecule has 11 nitrogen and oxygen atoms in total. The molecule has 2 atom stereocenters. The monoisotopic (exact) mass is 550 g/mol. The lowest BCUT2D eigenvalue weighted by molar-refractivity contribution is 0.171. The van der Waals surface area contributed by atoms with Crippen molar-refractivity contribution in [1.29, 1.82) is 0 Å². The van der Waals surface area contributed by atoms with Gasteiger partial charge in [0.25, 0.3) is 0 Å². The van der Waals surface area contributed by atoms with Gasteiger partial charge < -0.3 is 25.3 Å². The highest BCUT2D eigenvalue weighted by Gasteiger charge is 2.28. The molecule has 2 amide bonds. The number of fused-ring (bicyclic) bond motifs is 1. The molecule has 0 saturated heterocycles. The van der Waals surface area contributed by atoms with Crippen LogP contribution in [-0.2, 0) is 16.6 Å². The van der Waals surface area contributed by atoms with Crippen LogP contribution >= 0.6 is 11.6 Å². The van der Waals surface area contributed by atoms with Crippen LogP contribution in [0, 0.1) is 0 Å². The van der Waals surface area contributed by atoms with Crippen molar-refractivity contribution in [3.8, 4) is 0 Å². The number of anilines is 4. The molecule has 0 radical (unpaired) electrons. The molecule has 2 heterocycles. The average molecular weight is 551 g/mol. The highest BCUT2D eigenvalue weighted by Crippen LogP contribution is 2.30. The number of nitrogens with one attached hydrogen (secondary N) is 3. The fraction of sp³-hybridized carbons (Fsp3) is 0.542. The maximum Gasteiger partial charge on any atom is 0.319 e. The topological polar surface area (TPSA) is 123 Å². The van der Waals surface area contributed by atoms with Gasteiger partial charge in [0.1, 0.15) is 5.02 Å². The molecular formula is C24H35ClN8O3S. The van der Waals surface area contributed by atoms with E-state index in [1.807, 2.05) is 30.1 Å². The molecule has 2 aromatic rings. The van der Waals surface area contributed by atoms with Crippen molar-refractivity contribution < 1.29 is 13.2 Å². The molecule has 1 fully saturated rings. The number of aromatic nitrogens is 2. The van der Waals surface area contributed by atoms with E-state index in [0.717, 1.165) is 42.6 Å². The zero-order chi connectivity index (χ0) is 26.7. The minimum absolute atomic E-state index is 0.00927. The van der Waals surface area contributed by atoms with Crippen molar-refractivity contribution in [3.05, 3.63) is 35.0 Å². The van der Waals surface area contributed by atoms with Crippen LogP contribution in [0.1, 0.15) is 31.2 Å². The van der Waals surface area contributed by atoms with Crippen LogP contribution in [0.15, 0.2) is 24.4 Å². The molecule has 1 aromatic heterocycles. The summed E-state index contributed by atoms with van der Waals surface area (Å²) in [6.45, 7) is 1.88. The van der Waals surface area contributed by atoms with Crippen LogP contribution in [0.2, 0.25) is 5.02 Å². The third kappa shape index (κ3) is 6.93. The third-order valence-electron chi connectivity index (χ3n) is 6.67. The Balaban J connectivity index is 1.51. The molecule has 1 aliphatic heterocycles. The first-order valence-corrected chi connectivity index (χ1v) is 14.6. The van der Waals surface area contributed by atoms with Crippen molar-refractivity contribution >= 4 is 50.8 Å². The molecule has 4 rings (SSSR count). The molecule has 0 spiro atoms. The van der Waals surface area contributed by atoms with Gasteiger partial charge in [0, 0.05) is 64.2 Å². The zero-order valence-electron chi connectivity index (χ0n) is 21.7. The highest BCUT2D eigenvalue weighted by molar-refractivity contribution is 7.88. The van der Waals surface area contributed by atoms with E-state index in [1.165, 1.54) is 12.5 Å². The van der Waals surface area contributed by atoms with Gasteiger partial charge in [-0.05, 0) is 30.5 Å². The normalized spacial score (nSPS) is 20.1. The largest absolute Gasteiger partial charge is 0.372 e. The van der Waals surface area contributed by atoms with Crippen molar-refractivity contribution in [1.82, 2.24) is 24.5 Å². The quantitative estimate of drug-likeness (QED) is 0.501. The number of amides is 2. The summed E-state index contributed by atoms with van der Waals surface area (Å²) in [5.74, 6) is 0.826. The number of benzene rings is 1. The Labute approximate surface area is 223 Å². The number of likely N-dealkylation sites (N-methyl/N-ethyl adjacent to an activating group) is 1. The maximum atomic E-state index is 12.5. The number of halogens is 1. The number of sulfonamides is 1. The number of rotatable bonds is 6. The third-order valence-corrected chi connectivity index (χ3v) is 7.68. The first-order chi connectivity index (χ1) is 17.5. The van der Waals surface area contributed by atoms with Crippen LogP contribution < -0.4 is 20.3 Å². The lowest BCUT2D eigenvalue weighted by atomic mass is 9.91. The Morgan fingerprint density at radius 2 is 1.89 bits per heavy atom. The molecular weight excluding hydrogens is 516 g/mol. The fourth-order valence-corrected chi connectivity index (χ4v) is 5.78. The minimum atomic E-state index is -3.33. The summed E-state index contributed by atoms with van der Waals surface area (Å²) in [4.78, 5) is 27.0. The van der Waals surface area contributed by atoms with E-state index in [9.17, 15) is 13.2 Å². The van der Waals surface area contributed by atoms with E-state index in [-0.39, 0.29) is 18.1 Å². The second-order valence-electron chi connectivity index (χ2n) is 9.91. The highest BCUT2D eigenvalue weighted by atomic mass is 35.5. The molecule has 1 aromatic carbocycles. The van der Waals surface area contributed by atoms with Crippen LogP contribution in [0.5, 0.6) is 0 Å². The summed E-state index contributed by atoms with van der Waals surface area (Å²) in [6.07, 6.45) is 6.21. The Morgan fingerprint density at radius 1 is 1.16 bits per heavy atom. The van der Waals surface area contributed by atoms with Crippen LogP contribution in [-0.4, -0.2) is 86.8 Å². The standard InChI is InChI=1S/C24H35ClN8O3S/c1-31(2)24(34)33-12-11-32(3)21-13-17(10-9-16(21)15-33)27-23-26-14-18(25)22(29-23)28-19-7-5-6-8-20(19)30-37(4,35)36/h9-10,13-14,19-20,30H,5-8,11-12,15H2,1-4H3,(H2,26,27,28,29)/t19?,20-/m1/s1. The van der Waals surface area contributed by atoms with Crippen molar-refractivity contribution in [2.24, 2.45) is 0 Å². The predicted octanol–water partition coefficient (Wildman–Crippen LogP) is 3.08. The smallest absolute Gasteiger partial charge is 0.319 e. The minimum Gasteiger partial charge on any atom is -0.372 e. The van der Waals surface area contributed by atoms with Gasteiger partial charge in [-0.15, -0.1) is 0 Å². The zero-order valence-corrected chi connectivity index (χ0v) is 23.2. The number of hydrogen-bond donors (Lipinski definition) is 3. The fourth-order valence-electron chi connectivity index (χ4n) is 4.81. The summed E-state index contributed by atoms with van der Waals surface area (Å²) in [5.41, 5.74) is 2.89. The second-order valence-corrected chi connectivity index (χ2v) is 12.1. The number of nitrogens with zero attached hydrogens (tertiary/aromatic N) is 5. The van der Waals surface area contributed by atoms with Gasteiger partial charge >= 0.3 is 6.03 Å². The summed E-state index contributed by atoms with van der Waals surface area (Å²) in [7, 11) is 2.20. The van der Waals surface area contributed by atoms with Gasteiger partial charge in [0.05, 0.1) is 12.5 Å². The van der Waals surface area contributed by atoms with Gasteiger partial charge in [-0.25, -0.2) is 22.9 Å². The Morgan fingerprint density at radius 3 is 2.59 bits per heavy atom. The van der Waals surface area contributed by atoms with E-state index >= 15 is 0 Å². The van der Waals surface area contributed by atoms with Crippen molar-refractivity contribution in [2.75, 3.05) is 56.0 Å². The predicted molar refractivity (Wildman–Crippen MR) is 147 cm³/mol. The van der Waals surface area contributed by atoms with Gasteiger partial charge in [0.15, 0.2) is 5.82 Å². The first kappa shape index (κ1) is 27.2. The lowest BCUT2D eigenvalue weighted by Crippen LogP contribution is -2.48. The van der Waals surface area contributed by atoms with Crippen molar-refractivity contribution in [2.45, 2.75) is 44.3 Å². The van der Waals surface area contributed by atoms with E-state index in [1.54, 1.807) is 19.0 Å². The van der Waals surface area contributed by atoms with Crippen molar-refractivity contribution in [3.63, 3.8) is 0 Å². The molecule has 13 heteroatoms. The number of carbonyl (C=O) groups is 1. The lowest BCUT2D eigenvalue weighted by Gasteiger charge is -2.32. The van der Waals surface area contributed by atoms with Crippen LogP contribution in [0.3, 0.4) is 0 Å². The number of carbonyl (C=O) groups excluding carboxylic acids is 1. The molecule has 1 unspecified atom stereocenters. The van der Waals surface area contributed by atoms with Crippen LogP contribution in [0.4, 0.5) is 27.9 Å². The summed E-state index contributed by atoms with van der Waals surface area (Å²) >= 11 is 6.40. The average Bonchev–Trinajstić information content (AvgIpc) is 3.00. The van der Waals surface area contributed by atoms with Gasteiger partial charge in [0.2, 0.25) is 16.0 Å². The van der Waals surface area contributed by atoms with E-state index in [4.69, 9.17) is 11.6 Å². The summed E-state index contributed by atoms with van der Waals surface area (Å²) in [5, 5.41) is 6.95. The number of hydrogen-bond acceptors (Lipinski definition) is 8. The second kappa shape index (κ2) is 11.3. The SMILES string of the molecule is CN(C)C(=O)N1CCN(C)c2cc(Nc3ncc(Cl)c(NC4CCCC[C@H]4NS(C)(=O)=O)n3)ccc2C1. The molecule has 3 N–H and O–H groups in total. The van der Waals surface area contributed by atoms with Gasteiger partial charge in [-0.1, -0.05) is 30.5 Å². The summed E-state index contributed by atoms with van der Waals surface area (Å²) in [6, 6.07) is 5.60. The molecule has 1 aliphatic carbocycles. The Kier molecular flexibility index (Phi) is 8.29. The molecule has 37 heavy (non-hydrogen) atoms. The van der Waals surface area contributed by atoms with E-state index in [0.29, 0.717) is 36.4 Å². The van der Waals surface area contributed by atoms with Gasteiger partial charge in [-0.3, -0.25) is 0 Å². The molecule has 1 saturated carbocycles. The Bertz CT molecular complexity index is 1240. The Hall–Kier alpha value is -2.83. The van der Waals surface area contributed by atoms with Crippen LogP contribution in [0.25, 0.3) is 0 Å². The maximum absolute atomic E-state index is 12.5.